The van der Waals surface area contributed by atoms with Crippen molar-refractivity contribution in [2.45, 2.75) is 31.9 Å². The molecule has 2 atom stereocenters. The number of amides is 2. The minimum absolute atomic E-state index is 0.0612. The molecule has 0 spiro atoms. The second-order valence-corrected chi connectivity index (χ2v) is 5.64. The van der Waals surface area contributed by atoms with Gasteiger partial charge in [0.05, 0.1) is 0 Å². The van der Waals surface area contributed by atoms with Crippen LogP contribution in [0.3, 0.4) is 0 Å². The number of aryl methyl sites for hydroxylation is 1. The summed E-state index contributed by atoms with van der Waals surface area (Å²) in [5, 5.41) is 2.85. The molecule has 2 heterocycles. The Bertz CT molecular complexity index is 552. The number of carbonyl (C=O) groups is 2. The molecule has 2 aliphatic rings. The summed E-state index contributed by atoms with van der Waals surface area (Å²) in [6.45, 7) is 3.64. The molecule has 5 heteroatoms. The summed E-state index contributed by atoms with van der Waals surface area (Å²) < 4.78 is 5.49. The highest BCUT2D eigenvalue weighted by molar-refractivity contribution is 5.91. The quantitative estimate of drug-likeness (QED) is 0.889. The molecule has 1 aromatic carbocycles. The fourth-order valence-corrected chi connectivity index (χ4v) is 3.03. The molecule has 0 radical (unpaired) electrons. The van der Waals surface area contributed by atoms with Crippen molar-refractivity contribution in [3.8, 4) is 0 Å². The molecule has 112 valence electrons. The van der Waals surface area contributed by atoms with Crippen LogP contribution in [0.2, 0.25) is 0 Å². The molecule has 0 aliphatic carbocycles. The Kier molecular flexibility index (Phi) is 3.92. The van der Waals surface area contributed by atoms with E-state index in [0.29, 0.717) is 19.7 Å². The van der Waals surface area contributed by atoms with Crippen LogP contribution >= 0.6 is 0 Å². The summed E-state index contributed by atoms with van der Waals surface area (Å²) in [6.07, 6.45) is 1.27. The predicted octanol–water partition coefficient (Wildman–Crippen LogP) is 1.17. The maximum Gasteiger partial charge on any atom is 0.252 e. The van der Waals surface area contributed by atoms with Crippen molar-refractivity contribution in [3.05, 3.63) is 35.4 Å². The first-order valence-corrected chi connectivity index (χ1v) is 7.43. The monoisotopic (exact) mass is 288 g/mol. The van der Waals surface area contributed by atoms with E-state index in [1.165, 1.54) is 0 Å². The Morgan fingerprint density at radius 2 is 2.29 bits per heavy atom. The van der Waals surface area contributed by atoms with Crippen molar-refractivity contribution < 1.29 is 14.3 Å². The first-order valence-electron chi connectivity index (χ1n) is 7.43. The number of hydrogen-bond acceptors (Lipinski definition) is 3. The molecule has 2 unspecified atom stereocenters. The van der Waals surface area contributed by atoms with Gasteiger partial charge in [0, 0.05) is 19.7 Å². The normalized spacial score (nSPS) is 25.8. The van der Waals surface area contributed by atoms with Crippen LogP contribution in [0.1, 0.15) is 30.0 Å². The molecule has 0 bridgehead atoms. The van der Waals surface area contributed by atoms with Gasteiger partial charge < -0.3 is 15.0 Å². The third-order valence-electron chi connectivity index (χ3n) is 4.06. The molecular weight excluding hydrogens is 268 g/mol. The zero-order chi connectivity index (χ0) is 14.8. The maximum atomic E-state index is 12.6. The van der Waals surface area contributed by atoms with Gasteiger partial charge in [0.1, 0.15) is 12.1 Å². The number of carbonyl (C=O) groups excluding carboxylic acids is 2. The van der Waals surface area contributed by atoms with Crippen LogP contribution in [0.15, 0.2) is 24.3 Å². The Hall–Kier alpha value is -1.88. The van der Waals surface area contributed by atoms with E-state index in [1.54, 1.807) is 4.90 Å². The molecule has 1 N–H and O–H groups in total. The molecule has 0 saturated carbocycles. The van der Waals surface area contributed by atoms with Crippen LogP contribution in [0.4, 0.5) is 0 Å². The van der Waals surface area contributed by atoms with E-state index in [0.717, 1.165) is 24.0 Å². The Morgan fingerprint density at radius 3 is 3.00 bits per heavy atom. The molecule has 2 amide bonds. The van der Waals surface area contributed by atoms with Crippen LogP contribution in [-0.2, 0) is 14.3 Å². The topological polar surface area (TPSA) is 58.6 Å². The van der Waals surface area contributed by atoms with Crippen molar-refractivity contribution in [2.24, 2.45) is 0 Å². The summed E-state index contributed by atoms with van der Waals surface area (Å²) in [4.78, 5) is 26.6. The van der Waals surface area contributed by atoms with E-state index in [2.05, 4.69) is 5.32 Å². The summed E-state index contributed by atoms with van der Waals surface area (Å²) in [5.41, 5.74) is 1.94. The SMILES string of the molecule is Cc1cccc(C2C(=O)NCCN2C(=O)C2CCCO2)c1. The lowest BCUT2D eigenvalue weighted by atomic mass is 9.99. The molecule has 2 saturated heterocycles. The molecule has 5 nitrogen and oxygen atoms in total. The van der Waals surface area contributed by atoms with E-state index in [4.69, 9.17) is 4.74 Å². The van der Waals surface area contributed by atoms with Crippen LogP contribution in [0.25, 0.3) is 0 Å². The largest absolute Gasteiger partial charge is 0.368 e. The van der Waals surface area contributed by atoms with Gasteiger partial charge in [-0.2, -0.15) is 0 Å². The van der Waals surface area contributed by atoms with Crippen LogP contribution in [0, 0.1) is 6.92 Å². The van der Waals surface area contributed by atoms with Crippen LogP contribution in [-0.4, -0.2) is 42.5 Å². The van der Waals surface area contributed by atoms with Crippen molar-refractivity contribution in [2.75, 3.05) is 19.7 Å². The lowest BCUT2D eigenvalue weighted by Gasteiger charge is -2.36. The molecule has 2 fully saturated rings. The van der Waals surface area contributed by atoms with E-state index in [9.17, 15) is 9.59 Å². The Balaban J connectivity index is 1.89. The highest BCUT2D eigenvalue weighted by Gasteiger charge is 2.38. The highest BCUT2D eigenvalue weighted by Crippen LogP contribution is 2.27. The third-order valence-corrected chi connectivity index (χ3v) is 4.06. The van der Waals surface area contributed by atoms with Crippen molar-refractivity contribution in [3.63, 3.8) is 0 Å². The Morgan fingerprint density at radius 1 is 1.43 bits per heavy atom. The smallest absolute Gasteiger partial charge is 0.252 e. The first kappa shape index (κ1) is 14.1. The molecule has 3 rings (SSSR count). The number of nitrogens with zero attached hydrogens (tertiary/aromatic N) is 1. The van der Waals surface area contributed by atoms with E-state index >= 15 is 0 Å². The number of nitrogens with one attached hydrogen (secondary N) is 1. The summed E-state index contributed by atoms with van der Waals surface area (Å²) >= 11 is 0. The predicted molar refractivity (Wildman–Crippen MR) is 77.6 cm³/mol. The number of ether oxygens (including phenoxy) is 1. The zero-order valence-corrected chi connectivity index (χ0v) is 12.2. The maximum absolute atomic E-state index is 12.6. The second-order valence-electron chi connectivity index (χ2n) is 5.64. The van der Waals surface area contributed by atoms with Gasteiger partial charge in [-0.05, 0) is 25.3 Å². The zero-order valence-electron chi connectivity index (χ0n) is 12.2. The number of benzene rings is 1. The van der Waals surface area contributed by atoms with Crippen molar-refractivity contribution >= 4 is 11.8 Å². The van der Waals surface area contributed by atoms with Crippen LogP contribution < -0.4 is 5.32 Å². The molecule has 0 aromatic heterocycles. The van der Waals surface area contributed by atoms with Crippen LogP contribution in [0.5, 0.6) is 0 Å². The van der Waals surface area contributed by atoms with Gasteiger partial charge in [-0.3, -0.25) is 9.59 Å². The average molecular weight is 288 g/mol. The molecule has 21 heavy (non-hydrogen) atoms. The van der Waals surface area contributed by atoms with Crippen molar-refractivity contribution in [1.29, 1.82) is 0 Å². The van der Waals surface area contributed by atoms with Gasteiger partial charge in [0.25, 0.3) is 5.91 Å². The number of rotatable bonds is 2. The molecular formula is C16H20N2O3. The standard InChI is InChI=1S/C16H20N2O3/c1-11-4-2-5-12(10-11)14-15(19)17-7-8-18(14)16(20)13-6-3-9-21-13/h2,4-5,10,13-14H,3,6-9H2,1H3,(H,17,19). The fraction of sp³-hybridized carbons (Fsp3) is 0.500. The fourth-order valence-electron chi connectivity index (χ4n) is 3.03. The van der Waals surface area contributed by atoms with E-state index in [-0.39, 0.29) is 17.9 Å². The lowest BCUT2D eigenvalue weighted by molar-refractivity contribution is -0.150. The van der Waals surface area contributed by atoms with E-state index in [1.807, 2.05) is 31.2 Å². The Labute approximate surface area is 124 Å². The lowest BCUT2D eigenvalue weighted by Crippen LogP contribution is -2.54. The summed E-state index contributed by atoms with van der Waals surface area (Å²) in [5.74, 6) is -0.174. The van der Waals surface area contributed by atoms with Crippen molar-refractivity contribution in [1.82, 2.24) is 10.2 Å². The van der Waals surface area contributed by atoms with E-state index < -0.39 is 6.04 Å². The third kappa shape index (κ3) is 2.78. The molecule has 2 aliphatic heterocycles. The van der Waals surface area contributed by atoms with Gasteiger partial charge >= 0.3 is 0 Å². The minimum Gasteiger partial charge on any atom is -0.368 e. The number of hydrogen-bond donors (Lipinski definition) is 1. The van der Waals surface area contributed by atoms with Gasteiger partial charge in [-0.1, -0.05) is 29.8 Å². The minimum atomic E-state index is -0.546. The summed E-state index contributed by atoms with van der Waals surface area (Å²) in [7, 11) is 0. The van der Waals surface area contributed by atoms with Gasteiger partial charge in [0.15, 0.2) is 0 Å². The highest BCUT2D eigenvalue weighted by atomic mass is 16.5. The van der Waals surface area contributed by atoms with Gasteiger partial charge in [0.2, 0.25) is 5.91 Å². The van der Waals surface area contributed by atoms with Gasteiger partial charge in [-0.25, -0.2) is 0 Å². The molecule has 1 aromatic rings. The first-order chi connectivity index (χ1) is 10.2. The average Bonchev–Trinajstić information content (AvgIpc) is 3.00. The number of piperazine rings is 1. The van der Waals surface area contributed by atoms with Gasteiger partial charge in [-0.15, -0.1) is 0 Å². The summed E-state index contributed by atoms with van der Waals surface area (Å²) in [6, 6.07) is 7.22. The second kappa shape index (κ2) is 5.85.